The van der Waals surface area contributed by atoms with E-state index in [0.29, 0.717) is 31.5 Å². The third-order valence-corrected chi connectivity index (χ3v) is 6.51. The van der Waals surface area contributed by atoms with Crippen molar-refractivity contribution in [2.75, 3.05) is 18.8 Å². The number of amides is 2. The smallest absolute Gasteiger partial charge is 0.272 e. The second-order valence-electron chi connectivity index (χ2n) is 7.53. The molecular weight excluding hydrogens is 378 g/mol. The van der Waals surface area contributed by atoms with Crippen LogP contribution < -0.4 is 4.72 Å². The van der Waals surface area contributed by atoms with Gasteiger partial charge in [0.1, 0.15) is 5.69 Å². The molecule has 28 heavy (non-hydrogen) atoms. The summed E-state index contributed by atoms with van der Waals surface area (Å²) < 4.78 is 26.1. The van der Waals surface area contributed by atoms with E-state index in [1.807, 2.05) is 30.3 Å². The Bertz CT molecular complexity index is 1010. The third kappa shape index (κ3) is 4.32. The fourth-order valence-corrected chi connectivity index (χ4v) is 4.70. The maximum Gasteiger partial charge on any atom is 0.272 e. The summed E-state index contributed by atoms with van der Waals surface area (Å²) >= 11 is 0. The Kier molecular flexibility index (Phi) is 5.69. The minimum absolute atomic E-state index is 0.0987. The predicted molar refractivity (Wildman–Crippen MR) is 107 cm³/mol. The van der Waals surface area contributed by atoms with Crippen LogP contribution in [0.2, 0.25) is 0 Å². The second-order valence-corrected chi connectivity index (χ2v) is 9.37. The van der Waals surface area contributed by atoms with Crippen molar-refractivity contribution in [2.24, 2.45) is 5.41 Å². The minimum atomic E-state index is -3.65. The number of hydrogen-bond donors (Lipinski definition) is 1. The van der Waals surface area contributed by atoms with Gasteiger partial charge in [0, 0.05) is 18.5 Å². The van der Waals surface area contributed by atoms with Crippen LogP contribution in [0.1, 0.15) is 43.6 Å². The Labute approximate surface area is 165 Å². The summed E-state index contributed by atoms with van der Waals surface area (Å²) in [6.45, 7) is 4.12. The number of carbonyl (C=O) groups excluding carboxylic acids is 2. The molecule has 1 aromatic heterocycles. The van der Waals surface area contributed by atoms with Gasteiger partial charge in [0.25, 0.3) is 5.91 Å². The lowest BCUT2D eigenvalue weighted by Gasteiger charge is -2.39. The van der Waals surface area contributed by atoms with Crippen molar-refractivity contribution in [1.82, 2.24) is 14.6 Å². The van der Waals surface area contributed by atoms with Gasteiger partial charge >= 0.3 is 0 Å². The standard InChI is InChI=1S/C20H25N3O4S/c1-3-13-28(26,27)22-19(25)20(2)11-6-12-23(14-20)18(24)17-10-9-15-7-4-5-8-16(15)21-17/h4-5,7-10H,3,6,11-14H2,1-2H3,(H,22,25). The first-order valence-electron chi connectivity index (χ1n) is 9.44. The number of hydrogen-bond acceptors (Lipinski definition) is 5. The van der Waals surface area contributed by atoms with Crippen molar-refractivity contribution in [1.29, 1.82) is 0 Å². The zero-order valence-electron chi connectivity index (χ0n) is 16.1. The van der Waals surface area contributed by atoms with Crippen LogP contribution in [0.4, 0.5) is 0 Å². The van der Waals surface area contributed by atoms with Crippen LogP contribution in [0.5, 0.6) is 0 Å². The molecule has 7 nitrogen and oxygen atoms in total. The van der Waals surface area contributed by atoms with Crippen LogP contribution in [0.25, 0.3) is 10.9 Å². The number of aromatic nitrogens is 1. The molecule has 1 N–H and O–H groups in total. The van der Waals surface area contributed by atoms with Gasteiger partial charge in [-0.2, -0.15) is 0 Å². The highest BCUT2D eigenvalue weighted by atomic mass is 32.2. The molecule has 150 valence electrons. The van der Waals surface area contributed by atoms with Gasteiger partial charge in [-0.25, -0.2) is 13.4 Å². The Morgan fingerprint density at radius 2 is 1.96 bits per heavy atom. The van der Waals surface area contributed by atoms with Crippen molar-refractivity contribution in [3.8, 4) is 0 Å². The molecule has 8 heteroatoms. The number of sulfonamides is 1. The normalized spacial score (nSPS) is 20.1. The molecule has 1 aliphatic rings. The molecule has 1 aliphatic heterocycles. The van der Waals surface area contributed by atoms with Gasteiger partial charge in [0.15, 0.2) is 0 Å². The highest BCUT2D eigenvalue weighted by Crippen LogP contribution is 2.31. The van der Waals surface area contributed by atoms with Gasteiger partial charge in [0.05, 0.1) is 16.7 Å². The van der Waals surface area contributed by atoms with E-state index >= 15 is 0 Å². The summed E-state index contributed by atoms with van der Waals surface area (Å²) in [6.07, 6.45) is 1.57. The Balaban J connectivity index is 1.77. The summed E-state index contributed by atoms with van der Waals surface area (Å²) in [5.74, 6) is -0.899. The van der Waals surface area contributed by atoms with Gasteiger partial charge in [-0.05, 0) is 38.3 Å². The maximum absolute atomic E-state index is 13.0. The fraction of sp³-hybridized carbons (Fsp3) is 0.450. The molecule has 3 rings (SSSR count). The van der Waals surface area contributed by atoms with E-state index in [4.69, 9.17) is 0 Å². The topological polar surface area (TPSA) is 96.4 Å². The number of piperidine rings is 1. The average molecular weight is 404 g/mol. The monoisotopic (exact) mass is 403 g/mol. The maximum atomic E-state index is 13.0. The second kappa shape index (κ2) is 7.87. The third-order valence-electron chi connectivity index (χ3n) is 5.07. The van der Waals surface area contributed by atoms with E-state index in [0.717, 1.165) is 10.9 Å². The molecule has 1 atom stereocenters. The number of nitrogens with one attached hydrogen (secondary N) is 1. The van der Waals surface area contributed by atoms with Crippen LogP contribution >= 0.6 is 0 Å². The van der Waals surface area contributed by atoms with E-state index in [9.17, 15) is 18.0 Å². The van der Waals surface area contributed by atoms with Crippen LogP contribution in [0, 0.1) is 5.41 Å². The summed E-state index contributed by atoms with van der Waals surface area (Å²) in [7, 11) is -3.65. The molecule has 1 aromatic carbocycles. The molecule has 1 saturated heterocycles. The number of carbonyl (C=O) groups is 2. The van der Waals surface area contributed by atoms with Crippen molar-refractivity contribution < 1.29 is 18.0 Å². The van der Waals surface area contributed by atoms with Gasteiger partial charge in [-0.3, -0.25) is 14.3 Å². The molecule has 0 radical (unpaired) electrons. The molecule has 2 amide bonds. The van der Waals surface area contributed by atoms with Crippen LogP contribution in [0.3, 0.4) is 0 Å². The Morgan fingerprint density at radius 1 is 1.21 bits per heavy atom. The lowest BCUT2D eigenvalue weighted by atomic mass is 9.81. The lowest BCUT2D eigenvalue weighted by molar-refractivity contribution is -0.130. The Morgan fingerprint density at radius 3 is 2.71 bits per heavy atom. The molecule has 0 aliphatic carbocycles. The van der Waals surface area contributed by atoms with Gasteiger partial charge in [0.2, 0.25) is 15.9 Å². The molecular formula is C20H25N3O4S. The molecule has 0 bridgehead atoms. The van der Waals surface area contributed by atoms with Crippen molar-refractivity contribution >= 4 is 32.7 Å². The zero-order chi connectivity index (χ0) is 20.4. The first kappa shape index (κ1) is 20.3. The fourth-order valence-electron chi connectivity index (χ4n) is 3.53. The largest absolute Gasteiger partial charge is 0.336 e. The van der Waals surface area contributed by atoms with Crippen molar-refractivity contribution in [2.45, 2.75) is 33.1 Å². The van der Waals surface area contributed by atoms with E-state index < -0.39 is 21.3 Å². The molecule has 0 spiro atoms. The van der Waals surface area contributed by atoms with Crippen molar-refractivity contribution in [3.63, 3.8) is 0 Å². The number of fused-ring (bicyclic) bond motifs is 1. The summed E-state index contributed by atoms with van der Waals surface area (Å²) in [6, 6.07) is 11.1. The molecule has 2 heterocycles. The first-order valence-corrected chi connectivity index (χ1v) is 11.1. The van der Waals surface area contributed by atoms with Crippen LogP contribution in [-0.4, -0.2) is 49.0 Å². The van der Waals surface area contributed by atoms with E-state index in [-0.39, 0.29) is 18.2 Å². The minimum Gasteiger partial charge on any atom is -0.336 e. The summed E-state index contributed by atoms with van der Waals surface area (Å²) in [5, 5.41) is 0.947. The highest BCUT2D eigenvalue weighted by molar-refractivity contribution is 7.90. The number of pyridine rings is 1. The lowest BCUT2D eigenvalue weighted by Crippen LogP contribution is -2.53. The van der Waals surface area contributed by atoms with Crippen molar-refractivity contribution in [3.05, 3.63) is 42.1 Å². The zero-order valence-corrected chi connectivity index (χ0v) is 17.0. The molecule has 1 fully saturated rings. The van der Waals surface area contributed by atoms with E-state index in [1.54, 1.807) is 24.8 Å². The number of likely N-dealkylation sites (tertiary alicyclic amines) is 1. The quantitative estimate of drug-likeness (QED) is 0.827. The van der Waals surface area contributed by atoms with E-state index in [2.05, 4.69) is 9.71 Å². The predicted octanol–water partition coefficient (Wildman–Crippen LogP) is 2.33. The summed E-state index contributed by atoms with van der Waals surface area (Å²) in [5.41, 5.74) is 0.101. The van der Waals surface area contributed by atoms with Crippen LogP contribution in [-0.2, 0) is 14.8 Å². The van der Waals surface area contributed by atoms with Gasteiger partial charge < -0.3 is 4.90 Å². The first-order chi connectivity index (χ1) is 13.2. The van der Waals surface area contributed by atoms with E-state index in [1.165, 1.54) is 0 Å². The number of rotatable bonds is 5. The van der Waals surface area contributed by atoms with Crippen LogP contribution in [0.15, 0.2) is 36.4 Å². The van der Waals surface area contributed by atoms with Gasteiger partial charge in [-0.15, -0.1) is 0 Å². The molecule has 2 aromatic rings. The average Bonchev–Trinajstić information content (AvgIpc) is 2.66. The SMILES string of the molecule is CCCS(=O)(=O)NC(=O)C1(C)CCCN(C(=O)c2ccc3ccccc3n2)C1. The highest BCUT2D eigenvalue weighted by Gasteiger charge is 2.41. The van der Waals surface area contributed by atoms with Gasteiger partial charge in [-0.1, -0.05) is 31.2 Å². The molecule has 0 saturated carbocycles. The Hall–Kier alpha value is -2.48. The summed E-state index contributed by atoms with van der Waals surface area (Å²) in [4.78, 5) is 31.6. The number of benzene rings is 1. The molecule has 1 unspecified atom stereocenters. The number of para-hydroxylation sites is 1. The number of nitrogens with zero attached hydrogens (tertiary/aromatic N) is 2.